The van der Waals surface area contributed by atoms with Crippen molar-refractivity contribution in [3.63, 3.8) is 0 Å². The lowest BCUT2D eigenvalue weighted by Crippen LogP contribution is -2.48. The molecule has 0 radical (unpaired) electrons. The summed E-state index contributed by atoms with van der Waals surface area (Å²) in [5.41, 5.74) is -0.205. The van der Waals surface area contributed by atoms with Gasteiger partial charge in [-0.1, -0.05) is 6.92 Å². The van der Waals surface area contributed by atoms with E-state index in [2.05, 4.69) is 32.8 Å². The first-order valence-corrected chi connectivity index (χ1v) is 7.82. The van der Waals surface area contributed by atoms with Crippen molar-refractivity contribution in [2.75, 3.05) is 39.8 Å². The summed E-state index contributed by atoms with van der Waals surface area (Å²) >= 11 is 0. The first kappa shape index (κ1) is 21.4. The van der Waals surface area contributed by atoms with Crippen LogP contribution in [-0.2, 0) is 4.79 Å². The highest BCUT2D eigenvalue weighted by atomic mass is 127. The second-order valence-corrected chi connectivity index (χ2v) is 6.65. The fourth-order valence-electron chi connectivity index (χ4n) is 2.45. The predicted octanol–water partition coefficient (Wildman–Crippen LogP) is 1.03. The number of guanidine groups is 1. The first-order valence-electron chi connectivity index (χ1n) is 7.82. The van der Waals surface area contributed by atoms with E-state index in [1.165, 1.54) is 13.0 Å². The molecule has 1 aliphatic rings. The minimum Gasteiger partial charge on any atom is -0.356 e. The molecule has 22 heavy (non-hydrogen) atoms. The molecule has 0 aliphatic carbocycles. The van der Waals surface area contributed by atoms with Crippen molar-refractivity contribution < 1.29 is 4.79 Å². The molecule has 7 heteroatoms. The topological polar surface area (TPSA) is 68.8 Å². The van der Waals surface area contributed by atoms with Crippen LogP contribution in [0, 0.1) is 5.92 Å². The molecular formula is C15H32IN5O. The van der Waals surface area contributed by atoms with E-state index in [1.54, 1.807) is 7.05 Å². The summed E-state index contributed by atoms with van der Waals surface area (Å²) in [7, 11) is 1.73. The number of aliphatic imine (C=N–C) groups is 1. The van der Waals surface area contributed by atoms with Crippen LogP contribution in [0.5, 0.6) is 0 Å². The van der Waals surface area contributed by atoms with E-state index < -0.39 is 0 Å². The normalized spacial score (nSPS) is 19.5. The van der Waals surface area contributed by atoms with Gasteiger partial charge in [-0.2, -0.15) is 0 Å². The zero-order chi connectivity index (χ0) is 15.9. The molecule has 0 spiro atoms. The van der Waals surface area contributed by atoms with Crippen LogP contribution in [0.1, 0.15) is 34.1 Å². The molecule has 1 amide bonds. The molecule has 0 saturated carbocycles. The maximum Gasteiger partial charge on any atom is 0.239 e. The number of hydrogen-bond acceptors (Lipinski definition) is 3. The van der Waals surface area contributed by atoms with Gasteiger partial charge >= 0.3 is 0 Å². The van der Waals surface area contributed by atoms with E-state index in [0.29, 0.717) is 11.9 Å². The van der Waals surface area contributed by atoms with Gasteiger partial charge in [0.25, 0.3) is 0 Å². The van der Waals surface area contributed by atoms with Gasteiger partial charge in [-0.15, -0.1) is 24.0 Å². The molecule has 0 bridgehead atoms. The van der Waals surface area contributed by atoms with Crippen molar-refractivity contribution in [2.45, 2.75) is 39.7 Å². The number of carbonyl (C=O) groups is 1. The minimum absolute atomic E-state index is 0. The van der Waals surface area contributed by atoms with Crippen molar-refractivity contribution in [3.8, 4) is 0 Å². The molecule has 6 nitrogen and oxygen atoms in total. The van der Waals surface area contributed by atoms with Crippen molar-refractivity contribution in [1.29, 1.82) is 0 Å². The Morgan fingerprint density at radius 1 is 1.32 bits per heavy atom. The number of nitrogens with zero attached hydrogens (tertiary/aromatic N) is 2. The first-order chi connectivity index (χ1) is 9.84. The van der Waals surface area contributed by atoms with Crippen LogP contribution in [0.25, 0.3) is 0 Å². The van der Waals surface area contributed by atoms with Gasteiger partial charge in [-0.05, 0) is 46.2 Å². The number of hydrogen-bond donors (Lipinski definition) is 3. The molecule has 1 fully saturated rings. The zero-order valence-electron chi connectivity index (χ0n) is 14.5. The summed E-state index contributed by atoms with van der Waals surface area (Å²) < 4.78 is 0. The summed E-state index contributed by atoms with van der Waals surface area (Å²) in [6, 6.07) is 0. The third-order valence-electron chi connectivity index (χ3n) is 3.53. The van der Waals surface area contributed by atoms with Crippen LogP contribution in [0.3, 0.4) is 0 Å². The lowest BCUT2D eigenvalue weighted by molar-refractivity contribution is -0.121. The SMILES string of the molecule is CCN1CCC(CNC(=NC)NCC(=O)NC(C)(C)C)C1.I. The Labute approximate surface area is 151 Å². The van der Waals surface area contributed by atoms with Gasteiger partial charge < -0.3 is 20.9 Å². The van der Waals surface area contributed by atoms with E-state index in [-0.39, 0.29) is 42.0 Å². The summed E-state index contributed by atoms with van der Waals surface area (Å²) in [4.78, 5) is 18.4. The maximum atomic E-state index is 11.8. The highest BCUT2D eigenvalue weighted by Gasteiger charge is 2.21. The van der Waals surface area contributed by atoms with Crippen molar-refractivity contribution in [2.24, 2.45) is 10.9 Å². The lowest BCUT2D eigenvalue weighted by Gasteiger charge is -2.21. The van der Waals surface area contributed by atoms with E-state index in [9.17, 15) is 4.79 Å². The Balaban J connectivity index is 0.00000441. The van der Waals surface area contributed by atoms with Crippen LogP contribution < -0.4 is 16.0 Å². The van der Waals surface area contributed by atoms with Gasteiger partial charge in [-0.25, -0.2) is 0 Å². The highest BCUT2D eigenvalue weighted by Crippen LogP contribution is 2.14. The van der Waals surface area contributed by atoms with E-state index >= 15 is 0 Å². The third kappa shape index (κ3) is 8.77. The second kappa shape index (κ2) is 10.3. The Morgan fingerprint density at radius 2 is 2.00 bits per heavy atom. The fourth-order valence-corrected chi connectivity index (χ4v) is 2.45. The molecule has 1 unspecified atom stereocenters. The molecule has 1 heterocycles. The Morgan fingerprint density at radius 3 is 2.50 bits per heavy atom. The van der Waals surface area contributed by atoms with Gasteiger partial charge in [0.1, 0.15) is 0 Å². The van der Waals surface area contributed by atoms with E-state index in [4.69, 9.17) is 0 Å². The standard InChI is InChI=1S/C15H31N5O.HI/c1-6-20-8-7-12(11-20)9-17-14(16-5)18-10-13(21)19-15(2,3)4;/h12H,6-11H2,1-5H3,(H,19,21)(H2,16,17,18);1H. The number of carbonyl (C=O) groups excluding carboxylic acids is 1. The average molecular weight is 425 g/mol. The number of rotatable bonds is 5. The van der Waals surface area contributed by atoms with Crippen LogP contribution in [0.2, 0.25) is 0 Å². The Kier molecular flexibility index (Phi) is 9.99. The molecule has 0 aromatic rings. The summed E-state index contributed by atoms with van der Waals surface area (Å²) in [5.74, 6) is 1.32. The van der Waals surface area contributed by atoms with E-state index in [0.717, 1.165) is 19.6 Å². The largest absolute Gasteiger partial charge is 0.356 e. The molecule has 3 N–H and O–H groups in total. The van der Waals surface area contributed by atoms with Crippen molar-refractivity contribution in [3.05, 3.63) is 0 Å². The molecule has 1 aliphatic heterocycles. The zero-order valence-corrected chi connectivity index (χ0v) is 16.9. The van der Waals surface area contributed by atoms with Gasteiger partial charge in [-0.3, -0.25) is 9.79 Å². The number of likely N-dealkylation sites (tertiary alicyclic amines) is 1. The van der Waals surface area contributed by atoms with Gasteiger partial charge in [0.05, 0.1) is 6.54 Å². The molecular weight excluding hydrogens is 393 g/mol. The summed E-state index contributed by atoms with van der Waals surface area (Å²) in [5, 5.41) is 9.28. The van der Waals surface area contributed by atoms with Crippen molar-refractivity contribution >= 4 is 35.8 Å². The quantitative estimate of drug-likeness (QED) is 0.350. The van der Waals surface area contributed by atoms with Gasteiger partial charge in [0.15, 0.2) is 5.96 Å². The predicted molar refractivity (Wildman–Crippen MR) is 103 cm³/mol. The minimum atomic E-state index is -0.205. The summed E-state index contributed by atoms with van der Waals surface area (Å²) in [6.45, 7) is 12.7. The monoisotopic (exact) mass is 425 g/mol. The van der Waals surface area contributed by atoms with Crippen LogP contribution in [-0.4, -0.2) is 62.1 Å². The molecule has 0 aromatic carbocycles. The molecule has 0 aromatic heterocycles. The van der Waals surface area contributed by atoms with E-state index in [1.807, 2.05) is 20.8 Å². The molecule has 1 atom stereocenters. The number of amides is 1. The lowest BCUT2D eigenvalue weighted by atomic mass is 10.1. The molecule has 1 saturated heterocycles. The Bertz CT molecular complexity index is 367. The van der Waals surface area contributed by atoms with Gasteiger partial charge in [0, 0.05) is 25.7 Å². The molecule has 130 valence electrons. The van der Waals surface area contributed by atoms with Crippen LogP contribution in [0.15, 0.2) is 4.99 Å². The van der Waals surface area contributed by atoms with Crippen LogP contribution >= 0.6 is 24.0 Å². The van der Waals surface area contributed by atoms with Crippen LogP contribution in [0.4, 0.5) is 0 Å². The third-order valence-corrected chi connectivity index (χ3v) is 3.53. The smallest absolute Gasteiger partial charge is 0.239 e. The highest BCUT2D eigenvalue weighted by molar-refractivity contribution is 14.0. The maximum absolute atomic E-state index is 11.8. The van der Waals surface area contributed by atoms with Gasteiger partial charge in [0.2, 0.25) is 5.91 Å². The number of halogens is 1. The van der Waals surface area contributed by atoms with Crippen molar-refractivity contribution in [1.82, 2.24) is 20.9 Å². The second-order valence-electron chi connectivity index (χ2n) is 6.65. The fraction of sp³-hybridized carbons (Fsp3) is 0.867. The summed E-state index contributed by atoms with van der Waals surface area (Å²) in [6.07, 6.45) is 1.22. The Hall–Kier alpha value is -0.570. The number of nitrogens with one attached hydrogen (secondary N) is 3. The average Bonchev–Trinajstić information content (AvgIpc) is 2.85. The molecule has 1 rings (SSSR count).